The van der Waals surface area contributed by atoms with Gasteiger partial charge in [-0.3, -0.25) is 9.11 Å². The molecule has 2 aliphatic heterocycles. The molecule has 23 heteroatoms. The Bertz CT molecular complexity index is 2610. The number of nitrogens with one attached hydrogen (secondary N) is 4. The predicted octanol–water partition coefficient (Wildman–Crippen LogP) is 4.99. The molecule has 321 valence electrons. The van der Waals surface area contributed by atoms with Crippen LogP contribution < -0.4 is 31.1 Å². The van der Waals surface area contributed by atoms with Crippen molar-refractivity contribution in [1.82, 2.24) is 29.9 Å². The number of hydrogen-bond donors (Lipinski definition) is 6. The molecule has 0 unspecified atom stereocenters. The Labute approximate surface area is 385 Å². The summed E-state index contributed by atoms with van der Waals surface area (Å²) in [5.41, 5.74) is 1.92. The second kappa shape index (κ2) is 20.1. The molecule has 0 bridgehead atoms. The van der Waals surface area contributed by atoms with Gasteiger partial charge >= 0.3 is 0 Å². The fourth-order valence-corrected chi connectivity index (χ4v) is 7.87. The molecule has 2 aromatic heterocycles. The van der Waals surface area contributed by atoms with Gasteiger partial charge in [0.05, 0.1) is 26.4 Å². The van der Waals surface area contributed by atoms with E-state index in [9.17, 15) is 25.9 Å². The Morgan fingerprint density at radius 2 is 0.810 bits per heavy atom. The van der Waals surface area contributed by atoms with E-state index in [-0.39, 0.29) is 75.9 Å². The van der Waals surface area contributed by atoms with E-state index < -0.39 is 30.0 Å². The van der Waals surface area contributed by atoms with Gasteiger partial charge in [-0.25, -0.2) is 0 Å². The van der Waals surface area contributed by atoms with Crippen LogP contribution in [0.5, 0.6) is 0 Å². The summed E-state index contributed by atoms with van der Waals surface area (Å²) in [6, 6.07) is 26.8. The molecule has 6 aromatic rings. The average Bonchev–Trinajstić information content (AvgIpc) is 3.27. The number of rotatable bonds is 14. The molecule has 8 rings (SSSR count). The zero-order valence-electron chi connectivity index (χ0n) is 33.8. The van der Waals surface area contributed by atoms with E-state index in [1.165, 1.54) is 48.6 Å². The number of anilines is 10. The summed E-state index contributed by atoms with van der Waals surface area (Å²) < 4.78 is 82.5. The van der Waals surface area contributed by atoms with Crippen molar-refractivity contribution in [2.24, 2.45) is 0 Å². The maximum Gasteiger partial charge on any atom is 0.295 e. The van der Waals surface area contributed by atoms with Gasteiger partial charge in [-0.2, -0.15) is 46.7 Å². The SMILES string of the molecule is O=S(=O)(O)c1cc(Nc2nc(Nc3ccccc3)nc(N3CCOCC3)n2)ccc1/C=C/c1ccc(Nc2nc(Nc3ccccc3)nc(N3CCOCC3)n2)cc1S(=O)(=O)O.[Na]. The molecule has 0 amide bonds. The molecule has 6 N–H and O–H groups in total. The van der Waals surface area contributed by atoms with Crippen molar-refractivity contribution in [2.45, 2.75) is 9.79 Å². The van der Waals surface area contributed by atoms with Gasteiger partial charge < -0.3 is 40.5 Å². The molecule has 20 nitrogen and oxygen atoms in total. The van der Waals surface area contributed by atoms with Gasteiger partial charge in [0, 0.05) is 78.5 Å². The van der Waals surface area contributed by atoms with E-state index >= 15 is 0 Å². The first-order chi connectivity index (χ1) is 29.9. The molecule has 4 aromatic carbocycles. The third-order valence-corrected chi connectivity index (χ3v) is 11.3. The van der Waals surface area contributed by atoms with E-state index in [0.717, 1.165) is 11.4 Å². The molecule has 0 atom stereocenters. The topological polar surface area (TPSA) is 259 Å². The monoisotopic (exact) mass is 903 g/mol. The summed E-state index contributed by atoms with van der Waals surface area (Å²) in [4.78, 5) is 30.1. The van der Waals surface area contributed by atoms with Crippen LogP contribution in [0.15, 0.2) is 107 Å². The summed E-state index contributed by atoms with van der Waals surface area (Å²) in [7, 11) is -9.67. The van der Waals surface area contributed by atoms with Gasteiger partial charge in [0.15, 0.2) is 0 Å². The van der Waals surface area contributed by atoms with Gasteiger partial charge in [0.2, 0.25) is 35.7 Å². The van der Waals surface area contributed by atoms with E-state index in [1.54, 1.807) is 0 Å². The van der Waals surface area contributed by atoms with Crippen LogP contribution in [0.4, 0.5) is 58.4 Å². The van der Waals surface area contributed by atoms with Crippen LogP contribution in [0.3, 0.4) is 0 Å². The number of nitrogens with zero attached hydrogens (tertiary/aromatic N) is 8. The minimum Gasteiger partial charge on any atom is -0.378 e. The van der Waals surface area contributed by atoms with Gasteiger partial charge in [-0.15, -0.1) is 0 Å². The van der Waals surface area contributed by atoms with Crippen molar-refractivity contribution in [2.75, 3.05) is 83.7 Å². The molecule has 0 aliphatic carbocycles. The zero-order valence-corrected chi connectivity index (χ0v) is 37.4. The molecule has 1 radical (unpaired) electrons. The second-order valence-electron chi connectivity index (χ2n) is 13.8. The normalized spacial score (nSPS) is 14.5. The number of ether oxygens (including phenoxy) is 2. The molecule has 4 heterocycles. The van der Waals surface area contributed by atoms with Crippen molar-refractivity contribution >= 4 is 120 Å². The van der Waals surface area contributed by atoms with Crippen molar-refractivity contribution in [3.63, 3.8) is 0 Å². The van der Waals surface area contributed by atoms with Crippen LogP contribution in [-0.2, 0) is 29.7 Å². The summed E-state index contributed by atoms with van der Waals surface area (Å²) >= 11 is 0. The minimum absolute atomic E-state index is 0. The smallest absolute Gasteiger partial charge is 0.295 e. The molecular weight excluding hydrogens is 864 g/mol. The Morgan fingerprint density at radius 1 is 0.476 bits per heavy atom. The first-order valence-corrected chi connectivity index (χ1v) is 22.1. The van der Waals surface area contributed by atoms with Crippen LogP contribution >= 0.6 is 0 Å². The number of aromatic nitrogens is 6. The van der Waals surface area contributed by atoms with E-state index in [1.807, 2.05) is 70.5 Å². The number of benzene rings is 4. The number of hydrogen-bond acceptors (Lipinski definition) is 18. The van der Waals surface area contributed by atoms with Gasteiger partial charge in [0.1, 0.15) is 9.79 Å². The molecule has 2 fully saturated rings. The van der Waals surface area contributed by atoms with E-state index in [2.05, 4.69) is 51.2 Å². The van der Waals surface area contributed by atoms with Crippen LogP contribution in [0.25, 0.3) is 12.2 Å². The van der Waals surface area contributed by atoms with Crippen LogP contribution in [0, 0.1) is 0 Å². The first kappa shape index (κ1) is 45.2. The minimum atomic E-state index is -4.83. The maximum absolute atomic E-state index is 12.7. The zero-order chi connectivity index (χ0) is 43.1. The van der Waals surface area contributed by atoms with E-state index in [4.69, 9.17) is 9.47 Å². The first-order valence-electron chi connectivity index (χ1n) is 19.2. The quantitative estimate of drug-likeness (QED) is 0.0478. The fourth-order valence-electron chi connectivity index (χ4n) is 6.45. The average molecular weight is 904 g/mol. The summed E-state index contributed by atoms with van der Waals surface area (Å²) in [6.07, 6.45) is 2.60. The molecular formula is C40H40N12NaO8S2. The van der Waals surface area contributed by atoms with Crippen molar-refractivity contribution in [1.29, 1.82) is 0 Å². The third kappa shape index (κ3) is 12.0. The maximum atomic E-state index is 12.7. The Balaban J connectivity index is 0.00000595. The van der Waals surface area contributed by atoms with Gasteiger partial charge in [-0.1, -0.05) is 60.7 Å². The van der Waals surface area contributed by atoms with E-state index in [0.29, 0.717) is 64.5 Å². The summed E-state index contributed by atoms with van der Waals surface area (Å²) in [6.45, 7) is 4.13. The summed E-state index contributed by atoms with van der Waals surface area (Å²) in [5.74, 6) is 1.38. The fraction of sp³-hybridized carbons (Fsp3) is 0.200. The Kier molecular flexibility index (Phi) is 14.4. The molecule has 0 spiro atoms. The standard InChI is InChI=1S/C40H40N12O8S2.Na/c53-61(54,55)33-25-31(43-37-45-35(41-29-7-3-1-4-8-29)47-39(49-37)51-17-21-59-22-18-51)15-13-27(33)11-12-28-14-16-32(26-34(28)62(56,57)58)44-38-46-36(42-30-9-5-2-6-10-30)48-40(50-38)52-19-23-60-24-20-52;/h1-16,25-26H,17-24H2,(H,53,54,55)(H,56,57,58)(H2,41,43,45,47,49)(H2,42,44,46,48,50);/b12-11+;. The molecule has 0 saturated carbocycles. The number of para-hydroxylation sites is 2. The summed E-state index contributed by atoms with van der Waals surface area (Å²) in [5, 5.41) is 12.3. The van der Waals surface area contributed by atoms with Crippen LogP contribution in [-0.4, -0.2) is 138 Å². The Hall–Kier alpha value is -5.82. The third-order valence-electron chi connectivity index (χ3n) is 9.43. The number of morpholine rings is 2. The Morgan fingerprint density at radius 3 is 1.14 bits per heavy atom. The largest absolute Gasteiger partial charge is 0.378 e. The predicted molar refractivity (Wildman–Crippen MR) is 239 cm³/mol. The second-order valence-corrected chi connectivity index (χ2v) is 16.6. The van der Waals surface area contributed by atoms with Gasteiger partial charge in [0.25, 0.3) is 20.2 Å². The van der Waals surface area contributed by atoms with Gasteiger partial charge in [-0.05, 0) is 59.7 Å². The molecule has 2 saturated heterocycles. The van der Waals surface area contributed by atoms with Crippen LogP contribution in [0.1, 0.15) is 11.1 Å². The van der Waals surface area contributed by atoms with Crippen LogP contribution in [0.2, 0.25) is 0 Å². The van der Waals surface area contributed by atoms with Crippen molar-refractivity contribution < 1.29 is 35.4 Å². The van der Waals surface area contributed by atoms with Crippen molar-refractivity contribution in [3.8, 4) is 0 Å². The molecule has 2 aliphatic rings. The molecule has 63 heavy (non-hydrogen) atoms. The van der Waals surface area contributed by atoms with Crippen molar-refractivity contribution in [3.05, 3.63) is 108 Å².